The van der Waals surface area contributed by atoms with E-state index in [2.05, 4.69) is 4.72 Å². The Balaban J connectivity index is 2.98. The minimum Gasteiger partial charge on any atom is -0.480 e. The predicted octanol–water partition coefficient (Wildman–Crippen LogP) is -0.451. The molecule has 0 unspecified atom stereocenters. The number of rotatable bonds is 5. The van der Waals surface area contributed by atoms with Crippen LogP contribution in [-0.4, -0.2) is 32.6 Å². The van der Waals surface area contributed by atoms with Gasteiger partial charge in [-0.3, -0.25) is 4.79 Å². The maximum absolute atomic E-state index is 11.5. The van der Waals surface area contributed by atoms with Crippen molar-refractivity contribution in [1.29, 1.82) is 0 Å². The molecule has 0 spiro atoms. The number of carboxylic acid groups (broad SMARTS) is 1. The first-order valence-corrected chi connectivity index (χ1v) is 6.36. The standard InChI is InChI=1S/C10H14N2O4S/c1-12-17(15,16)8-4-2-3-7(5-8)6-9(11)10(13)14/h2-5,9,12H,6,11H2,1H3,(H,13,14)/t9-/m0/s1. The van der Waals surface area contributed by atoms with Crippen LogP contribution in [0.5, 0.6) is 0 Å². The summed E-state index contributed by atoms with van der Waals surface area (Å²) in [6, 6.07) is 4.99. The van der Waals surface area contributed by atoms with Crippen molar-refractivity contribution in [2.75, 3.05) is 7.05 Å². The zero-order valence-electron chi connectivity index (χ0n) is 9.25. The summed E-state index contributed by atoms with van der Waals surface area (Å²) in [4.78, 5) is 10.7. The Kier molecular flexibility index (Phi) is 4.22. The molecule has 0 saturated carbocycles. The third kappa shape index (κ3) is 3.52. The van der Waals surface area contributed by atoms with Crippen molar-refractivity contribution in [2.24, 2.45) is 5.73 Å². The van der Waals surface area contributed by atoms with E-state index >= 15 is 0 Å². The van der Waals surface area contributed by atoms with Crippen LogP contribution in [0.1, 0.15) is 5.56 Å². The number of carboxylic acids is 1. The van der Waals surface area contributed by atoms with Gasteiger partial charge >= 0.3 is 5.97 Å². The molecule has 0 fully saturated rings. The minimum atomic E-state index is -3.51. The Bertz CT molecular complexity index is 513. The molecule has 4 N–H and O–H groups in total. The summed E-state index contributed by atoms with van der Waals surface area (Å²) in [5.41, 5.74) is 5.94. The lowest BCUT2D eigenvalue weighted by Gasteiger charge is -2.08. The van der Waals surface area contributed by atoms with E-state index in [1.54, 1.807) is 12.1 Å². The fourth-order valence-electron chi connectivity index (χ4n) is 1.30. The number of nitrogens with one attached hydrogen (secondary N) is 1. The van der Waals surface area contributed by atoms with Gasteiger partial charge < -0.3 is 10.8 Å². The molecule has 0 heterocycles. The number of carbonyl (C=O) groups is 1. The van der Waals surface area contributed by atoms with E-state index in [1.807, 2.05) is 0 Å². The Morgan fingerprint density at radius 2 is 2.18 bits per heavy atom. The molecule has 7 heteroatoms. The van der Waals surface area contributed by atoms with Crippen molar-refractivity contribution in [3.8, 4) is 0 Å². The van der Waals surface area contributed by atoms with Crippen LogP contribution in [0.4, 0.5) is 0 Å². The van der Waals surface area contributed by atoms with Gasteiger partial charge in [-0.2, -0.15) is 0 Å². The first-order valence-electron chi connectivity index (χ1n) is 4.87. The van der Waals surface area contributed by atoms with Crippen LogP contribution in [0.15, 0.2) is 29.2 Å². The zero-order chi connectivity index (χ0) is 13.1. The molecule has 0 saturated heterocycles. The normalized spacial score (nSPS) is 13.3. The second-order valence-electron chi connectivity index (χ2n) is 3.50. The highest BCUT2D eigenvalue weighted by atomic mass is 32.2. The molecule has 0 aromatic heterocycles. The highest BCUT2D eigenvalue weighted by molar-refractivity contribution is 7.89. The molecular formula is C10H14N2O4S. The van der Waals surface area contributed by atoms with Gasteiger partial charge in [0.05, 0.1) is 4.90 Å². The van der Waals surface area contributed by atoms with Gasteiger partial charge in [-0.05, 0) is 31.2 Å². The van der Waals surface area contributed by atoms with Crippen LogP contribution in [0.3, 0.4) is 0 Å². The number of sulfonamides is 1. The fraction of sp³-hybridized carbons (Fsp3) is 0.300. The van der Waals surface area contributed by atoms with Crippen molar-refractivity contribution in [3.63, 3.8) is 0 Å². The van der Waals surface area contributed by atoms with E-state index in [4.69, 9.17) is 10.8 Å². The average molecular weight is 258 g/mol. The van der Waals surface area contributed by atoms with Gasteiger partial charge in [0.15, 0.2) is 0 Å². The van der Waals surface area contributed by atoms with Crippen molar-refractivity contribution in [1.82, 2.24) is 4.72 Å². The van der Waals surface area contributed by atoms with Crippen LogP contribution in [0, 0.1) is 0 Å². The van der Waals surface area contributed by atoms with Crippen LogP contribution < -0.4 is 10.5 Å². The molecule has 0 amide bonds. The fourth-order valence-corrected chi connectivity index (χ4v) is 2.10. The number of aliphatic carboxylic acids is 1. The first kappa shape index (κ1) is 13.6. The summed E-state index contributed by atoms with van der Waals surface area (Å²) in [7, 11) is -2.20. The van der Waals surface area contributed by atoms with E-state index in [1.165, 1.54) is 19.2 Å². The van der Waals surface area contributed by atoms with Gasteiger partial charge in [0.1, 0.15) is 6.04 Å². The quantitative estimate of drug-likeness (QED) is 0.662. The molecule has 0 aliphatic heterocycles. The predicted molar refractivity (Wildman–Crippen MR) is 62.0 cm³/mol. The van der Waals surface area contributed by atoms with Gasteiger partial charge in [-0.15, -0.1) is 0 Å². The zero-order valence-corrected chi connectivity index (χ0v) is 10.1. The Hall–Kier alpha value is -1.44. The molecule has 6 nitrogen and oxygen atoms in total. The summed E-state index contributed by atoms with van der Waals surface area (Å²) in [6.07, 6.45) is 0.0857. The van der Waals surface area contributed by atoms with E-state index in [0.717, 1.165) is 0 Å². The Morgan fingerprint density at radius 1 is 1.53 bits per heavy atom. The smallest absolute Gasteiger partial charge is 0.320 e. The molecule has 17 heavy (non-hydrogen) atoms. The SMILES string of the molecule is CNS(=O)(=O)c1cccc(C[C@H](N)C(=O)O)c1. The number of hydrogen-bond donors (Lipinski definition) is 3. The van der Waals surface area contributed by atoms with Crippen LogP contribution in [0.2, 0.25) is 0 Å². The molecule has 0 bridgehead atoms. The number of hydrogen-bond acceptors (Lipinski definition) is 4. The average Bonchev–Trinajstić information content (AvgIpc) is 2.29. The van der Waals surface area contributed by atoms with Crippen LogP contribution in [0.25, 0.3) is 0 Å². The maximum atomic E-state index is 11.5. The molecule has 94 valence electrons. The second kappa shape index (κ2) is 5.26. The second-order valence-corrected chi connectivity index (χ2v) is 5.39. The molecule has 1 aromatic carbocycles. The van der Waals surface area contributed by atoms with Gasteiger partial charge in [-0.25, -0.2) is 13.1 Å². The van der Waals surface area contributed by atoms with E-state index in [9.17, 15) is 13.2 Å². The van der Waals surface area contributed by atoms with E-state index < -0.39 is 22.0 Å². The minimum absolute atomic E-state index is 0.0857. The molecular weight excluding hydrogens is 244 g/mol. The number of nitrogens with two attached hydrogens (primary N) is 1. The van der Waals surface area contributed by atoms with Crippen molar-refractivity contribution in [3.05, 3.63) is 29.8 Å². The highest BCUT2D eigenvalue weighted by Gasteiger charge is 2.15. The Labute approximate surface area is 99.5 Å². The lowest BCUT2D eigenvalue weighted by Crippen LogP contribution is -2.32. The summed E-state index contributed by atoms with van der Waals surface area (Å²) < 4.78 is 25.2. The monoisotopic (exact) mass is 258 g/mol. The van der Waals surface area contributed by atoms with E-state index in [0.29, 0.717) is 5.56 Å². The van der Waals surface area contributed by atoms with Gasteiger partial charge in [0.25, 0.3) is 0 Å². The van der Waals surface area contributed by atoms with Crippen molar-refractivity contribution < 1.29 is 18.3 Å². The third-order valence-corrected chi connectivity index (χ3v) is 3.66. The number of benzene rings is 1. The largest absolute Gasteiger partial charge is 0.480 e. The summed E-state index contributed by atoms with van der Waals surface area (Å²) >= 11 is 0. The highest BCUT2D eigenvalue weighted by Crippen LogP contribution is 2.12. The molecule has 0 aliphatic carbocycles. The topological polar surface area (TPSA) is 109 Å². The molecule has 1 rings (SSSR count). The summed E-state index contributed by atoms with van der Waals surface area (Å²) in [6.45, 7) is 0. The summed E-state index contributed by atoms with van der Waals surface area (Å²) in [5, 5.41) is 8.66. The molecule has 0 aliphatic rings. The summed E-state index contributed by atoms with van der Waals surface area (Å²) in [5.74, 6) is -1.12. The van der Waals surface area contributed by atoms with Gasteiger partial charge in [0.2, 0.25) is 10.0 Å². The van der Waals surface area contributed by atoms with Crippen molar-refractivity contribution >= 4 is 16.0 Å². The van der Waals surface area contributed by atoms with Crippen LogP contribution in [-0.2, 0) is 21.2 Å². The van der Waals surface area contributed by atoms with E-state index in [-0.39, 0.29) is 11.3 Å². The Morgan fingerprint density at radius 3 is 2.71 bits per heavy atom. The lowest BCUT2D eigenvalue weighted by atomic mass is 10.1. The first-order chi connectivity index (χ1) is 7.86. The molecule has 0 radical (unpaired) electrons. The van der Waals surface area contributed by atoms with Crippen LogP contribution >= 0.6 is 0 Å². The lowest BCUT2D eigenvalue weighted by molar-refractivity contribution is -0.138. The molecule has 1 aromatic rings. The van der Waals surface area contributed by atoms with Gasteiger partial charge in [0, 0.05) is 0 Å². The maximum Gasteiger partial charge on any atom is 0.320 e. The van der Waals surface area contributed by atoms with Gasteiger partial charge in [-0.1, -0.05) is 12.1 Å². The van der Waals surface area contributed by atoms with Crippen molar-refractivity contribution in [2.45, 2.75) is 17.4 Å². The molecule has 1 atom stereocenters. The third-order valence-electron chi connectivity index (χ3n) is 2.25.